The summed E-state index contributed by atoms with van der Waals surface area (Å²) >= 11 is 0. The highest BCUT2D eigenvalue weighted by atomic mass is 16.3. The predicted molar refractivity (Wildman–Crippen MR) is 68.0 cm³/mol. The normalized spacial score (nSPS) is 31.4. The third-order valence-corrected chi connectivity index (χ3v) is 4.18. The molecule has 0 aromatic rings. The summed E-state index contributed by atoms with van der Waals surface area (Å²) < 4.78 is 0. The molecular weight excluding hydrogens is 232 g/mol. The third-order valence-electron chi connectivity index (χ3n) is 4.18. The number of carbonyl (C=O) groups is 1. The summed E-state index contributed by atoms with van der Waals surface area (Å²) in [4.78, 5) is 11.9. The molecule has 0 aromatic heterocycles. The lowest BCUT2D eigenvalue weighted by Gasteiger charge is -2.31. The maximum atomic E-state index is 11.9. The highest BCUT2D eigenvalue weighted by molar-refractivity contribution is 5.77. The summed E-state index contributed by atoms with van der Waals surface area (Å²) in [5.41, 5.74) is -0.900. The zero-order chi connectivity index (χ0) is 13.2. The van der Waals surface area contributed by atoms with Gasteiger partial charge in [0.2, 0.25) is 5.91 Å². The van der Waals surface area contributed by atoms with Gasteiger partial charge >= 0.3 is 0 Å². The lowest BCUT2D eigenvalue weighted by molar-refractivity contribution is -0.125. The van der Waals surface area contributed by atoms with Crippen LogP contribution in [0.3, 0.4) is 0 Å². The van der Waals surface area contributed by atoms with E-state index in [1.807, 2.05) is 0 Å². The summed E-state index contributed by atoms with van der Waals surface area (Å²) in [7, 11) is 0. The molecule has 0 aromatic carbocycles. The largest absolute Gasteiger partial charge is 0.394 e. The Hall–Kier alpha value is -0.650. The number of amides is 1. The van der Waals surface area contributed by atoms with Crippen molar-refractivity contribution in [1.29, 1.82) is 0 Å². The Bertz CT molecular complexity index is 293. The molecule has 2 atom stereocenters. The van der Waals surface area contributed by atoms with Crippen LogP contribution in [-0.4, -0.2) is 47.0 Å². The number of aliphatic hydroxyl groups is 2. The molecule has 0 aliphatic carbocycles. The van der Waals surface area contributed by atoms with E-state index in [4.69, 9.17) is 10.2 Å². The maximum absolute atomic E-state index is 11.9. The number of piperidine rings is 1. The third kappa shape index (κ3) is 3.22. The van der Waals surface area contributed by atoms with Crippen LogP contribution in [0.2, 0.25) is 0 Å². The van der Waals surface area contributed by atoms with E-state index in [0.717, 1.165) is 12.8 Å². The number of hydrogen-bond acceptors (Lipinski definition) is 4. The smallest absolute Gasteiger partial charge is 0.220 e. The molecule has 2 aliphatic rings. The Morgan fingerprint density at radius 1 is 1.28 bits per heavy atom. The van der Waals surface area contributed by atoms with Crippen molar-refractivity contribution in [1.82, 2.24) is 10.6 Å². The monoisotopic (exact) mass is 256 g/mol. The van der Waals surface area contributed by atoms with Crippen LogP contribution in [0.5, 0.6) is 0 Å². The van der Waals surface area contributed by atoms with Gasteiger partial charge in [-0.05, 0) is 38.5 Å². The van der Waals surface area contributed by atoms with E-state index >= 15 is 0 Å². The fraction of sp³-hybridized carbons (Fsp3) is 0.923. The van der Waals surface area contributed by atoms with Gasteiger partial charge in [0, 0.05) is 18.5 Å². The average molecular weight is 256 g/mol. The van der Waals surface area contributed by atoms with Gasteiger partial charge in [0.15, 0.2) is 0 Å². The van der Waals surface area contributed by atoms with Crippen molar-refractivity contribution in [2.75, 3.05) is 13.2 Å². The van der Waals surface area contributed by atoms with E-state index in [-0.39, 0.29) is 19.1 Å². The summed E-state index contributed by atoms with van der Waals surface area (Å²) in [6, 6.07) is 1.17. The molecule has 5 heteroatoms. The molecule has 0 spiro atoms. The van der Waals surface area contributed by atoms with Crippen LogP contribution in [0, 0.1) is 5.92 Å². The average Bonchev–Trinajstić information content (AvgIpc) is 2.68. The molecule has 2 rings (SSSR count). The molecule has 2 saturated heterocycles. The zero-order valence-electron chi connectivity index (χ0n) is 11.0. The van der Waals surface area contributed by atoms with Gasteiger partial charge in [0.25, 0.3) is 0 Å². The van der Waals surface area contributed by atoms with Crippen LogP contribution >= 0.6 is 0 Å². The first-order valence-corrected chi connectivity index (χ1v) is 6.83. The van der Waals surface area contributed by atoms with Crippen LogP contribution in [0.25, 0.3) is 0 Å². The molecule has 104 valence electrons. The minimum absolute atomic E-state index is 0.0631. The first-order chi connectivity index (χ1) is 8.54. The Balaban J connectivity index is 1.81. The molecule has 1 amide bonds. The Labute approximate surface area is 108 Å². The standard InChI is InChI=1S/C13H24N2O3/c1-13(7-16,8-17)15-12(18)6-9-4-10-2-3-11(5-9)14-10/h9-11,14,16-17H,2-8H2,1H3,(H,15,18). The molecule has 2 bridgehead atoms. The van der Waals surface area contributed by atoms with Crippen molar-refractivity contribution in [3.05, 3.63) is 0 Å². The SMILES string of the molecule is CC(CO)(CO)NC(=O)CC1CC2CCC(C1)N2. The van der Waals surface area contributed by atoms with Crippen LogP contribution in [-0.2, 0) is 4.79 Å². The van der Waals surface area contributed by atoms with Crippen molar-refractivity contribution in [2.24, 2.45) is 5.92 Å². The molecule has 0 saturated carbocycles. The van der Waals surface area contributed by atoms with Gasteiger partial charge in [0.05, 0.1) is 18.8 Å². The highest BCUT2D eigenvalue weighted by Gasteiger charge is 2.35. The van der Waals surface area contributed by atoms with Gasteiger partial charge in [0.1, 0.15) is 0 Å². The molecule has 0 radical (unpaired) electrons. The van der Waals surface area contributed by atoms with E-state index in [0.29, 0.717) is 24.4 Å². The Morgan fingerprint density at radius 2 is 1.83 bits per heavy atom. The van der Waals surface area contributed by atoms with Gasteiger partial charge in [-0.2, -0.15) is 0 Å². The molecule has 2 heterocycles. The minimum Gasteiger partial charge on any atom is -0.394 e. The first-order valence-electron chi connectivity index (χ1n) is 6.83. The second-order valence-electron chi connectivity index (χ2n) is 6.10. The topological polar surface area (TPSA) is 81.6 Å². The van der Waals surface area contributed by atoms with Gasteiger partial charge < -0.3 is 20.8 Å². The highest BCUT2D eigenvalue weighted by Crippen LogP contribution is 2.32. The quantitative estimate of drug-likeness (QED) is 0.547. The van der Waals surface area contributed by atoms with Crippen LogP contribution in [0.1, 0.15) is 39.0 Å². The Kier molecular flexibility index (Phi) is 4.25. The molecule has 18 heavy (non-hydrogen) atoms. The fourth-order valence-corrected chi connectivity index (χ4v) is 3.12. The van der Waals surface area contributed by atoms with E-state index < -0.39 is 5.54 Å². The first kappa shape index (κ1) is 13.8. The second-order valence-corrected chi connectivity index (χ2v) is 6.10. The van der Waals surface area contributed by atoms with E-state index in [1.165, 1.54) is 12.8 Å². The molecule has 2 fully saturated rings. The van der Waals surface area contributed by atoms with Crippen LogP contribution in [0.15, 0.2) is 0 Å². The molecule has 2 unspecified atom stereocenters. The number of rotatable bonds is 5. The van der Waals surface area contributed by atoms with Crippen molar-refractivity contribution in [3.63, 3.8) is 0 Å². The maximum Gasteiger partial charge on any atom is 0.220 e. The summed E-state index contributed by atoms with van der Waals surface area (Å²) in [6.07, 6.45) is 5.10. The van der Waals surface area contributed by atoms with Crippen molar-refractivity contribution >= 4 is 5.91 Å². The predicted octanol–water partition coefficient (Wildman–Crippen LogP) is -0.233. The zero-order valence-corrected chi connectivity index (χ0v) is 11.0. The molecule has 5 nitrogen and oxygen atoms in total. The minimum atomic E-state index is -0.900. The van der Waals surface area contributed by atoms with Gasteiger partial charge in [-0.3, -0.25) is 4.79 Å². The number of aliphatic hydroxyl groups excluding tert-OH is 2. The fourth-order valence-electron chi connectivity index (χ4n) is 3.12. The van der Waals surface area contributed by atoms with Gasteiger partial charge in [-0.15, -0.1) is 0 Å². The molecular formula is C13H24N2O3. The summed E-state index contributed by atoms with van der Waals surface area (Å²) in [5.74, 6) is 0.372. The number of fused-ring (bicyclic) bond motifs is 2. The number of carbonyl (C=O) groups excluding carboxylic acids is 1. The van der Waals surface area contributed by atoms with Gasteiger partial charge in [-0.25, -0.2) is 0 Å². The van der Waals surface area contributed by atoms with Crippen molar-refractivity contribution in [2.45, 2.75) is 56.7 Å². The van der Waals surface area contributed by atoms with Crippen molar-refractivity contribution < 1.29 is 15.0 Å². The lowest BCUT2D eigenvalue weighted by Crippen LogP contribution is -2.52. The van der Waals surface area contributed by atoms with Crippen molar-refractivity contribution in [3.8, 4) is 0 Å². The lowest BCUT2D eigenvalue weighted by atomic mass is 9.89. The van der Waals surface area contributed by atoms with E-state index in [2.05, 4.69) is 10.6 Å². The van der Waals surface area contributed by atoms with Crippen LogP contribution in [0.4, 0.5) is 0 Å². The summed E-state index contributed by atoms with van der Waals surface area (Å²) in [6.45, 7) is 1.16. The van der Waals surface area contributed by atoms with E-state index in [9.17, 15) is 4.79 Å². The number of hydrogen-bond donors (Lipinski definition) is 4. The molecule has 4 N–H and O–H groups in total. The van der Waals surface area contributed by atoms with Gasteiger partial charge in [-0.1, -0.05) is 0 Å². The van der Waals surface area contributed by atoms with Crippen LogP contribution < -0.4 is 10.6 Å². The number of nitrogens with one attached hydrogen (secondary N) is 2. The summed E-state index contributed by atoms with van der Waals surface area (Å²) in [5, 5.41) is 24.6. The second kappa shape index (κ2) is 5.55. The molecule has 2 aliphatic heterocycles. The van der Waals surface area contributed by atoms with E-state index in [1.54, 1.807) is 6.92 Å². The Morgan fingerprint density at radius 3 is 2.33 bits per heavy atom.